The van der Waals surface area contributed by atoms with Crippen molar-refractivity contribution in [2.75, 3.05) is 131 Å². The van der Waals surface area contributed by atoms with Crippen molar-refractivity contribution in [1.29, 1.82) is 0 Å². The fraction of sp³-hybridized carbons (Fsp3) is 0.739. The first-order valence-corrected chi connectivity index (χ1v) is 23.7. The lowest BCUT2D eigenvalue weighted by Gasteiger charge is -2.25. The molecule has 2 rings (SSSR count). The van der Waals surface area contributed by atoms with Gasteiger partial charge in [0.25, 0.3) is 0 Å². The second-order valence-corrected chi connectivity index (χ2v) is 15.7. The maximum Gasteiger partial charge on any atom is 0.312 e. The van der Waals surface area contributed by atoms with Gasteiger partial charge in [-0.25, -0.2) is 9.48 Å². The van der Waals surface area contributed by atoms with Crippen molar-refractivity contribution in [2.45, 2.75) is 91.6 Å². The second kappa shape index (κ2) is 39.5. The Hall–Kier alpha value is -4.36. The number of nitrogens with one attached hydrogen (secondary N) is 4. The number of anilines is 1. The topological polar surface area (TPSA) is 265 Å². The van der Waals surface area contributed by atoms with E-state index in [1.54, 1.807) is 24.1 Å². The molecule has 22 heteroatoms. The third-order valence-corrected chi connectivity index (χ3v) is 9.77. The maximum absolute atomic E-state index is 13.7. The fourth-order valence-corrected chi connectivity index (χ4v) is 6.15. The number of nitrogens with two attached hydrogens (primary N) is 1. The Morgan fingerprint density at radius 3 is 1.79 bits per heavy atom. The summed E-state index contributed by atoms with van der Waals surface area (Å²) in [6, 6.07) is 3.01. The van der Waals surface area contributed by atoms with E-state index in [0.29, 0.717) is 130 Å². The van der Waals surface area contributed by atoms with Crippen molar-refractivity contribution < 1.29 is 66.5 Å². The summed E-state index contributed by atoms with van der Waals surface area (Å²) >= 11 is 0. The Morgan fingerprint density at radius 2 is 1.25 bits per heavy atom. The first-order valence-electron chi connectivity index (χ1n) is 23.7. The van der Waals surface area contributed by atoms with Crippen LogP contribution in [-0.2, 0) is 87.9 Å². The number of aryl methyl sites for hydroxylation is 1. The van der Waals surface area contributed by atoms with E-state index in [2.05, 4.69) is 31.6 Å². The SMILES string of the molecule is CCCOCCC(=O)N[C@H](C(=O)N[C@@H](CCCNC(N)=O)C(=O)Nc1ccc(CC)c(COCc2cn(CCOCCOCCOCCOCCOCCOCCOCCOC)nn2)c1)C(C)C. The highest BCUT2D eigenvalue weighted by atomic mass is 16.6. The van der Waals surface area contributed by atoms with Crippen LogP contribution >= 0.6 is 0 Å². The average Bonchev–Trinajstić information content (AvgIpc) is 3.77. The molecule has 0 aliphatic carbocycles. The van der Waals surface area contributed by atoms with Crippen LogP contribution in [0.1, 0.15) is 70.2 Å². The highest BCUT2D eigenvalue weighted by Gasteiger charge is 2.29. The number of ether oxygens (including phenoxy) is 10. The van der Waals surface area contributed by atoms with Crippen molar-refractivity contribution >= 4 is 29.4 Å². The molecule has 0 saturated carbocycles. The number of rotatable bonds is 44. The molecule has 0 unspecified atom stereocenters. The summed E-state index contributed by atoms with van der Waals surface area (Å²) in [5.74, 6) is -1.54. The van der Waals surface area contributed by atoms with Gasteiger partial charge < -0.3 is 74.4 Å². The van der Waals surface area contributed by atoms with Gasteiger partial charge in [0.15, 0.2) is 0 Å². The molecule has 2 atom stereocenters. The van der Waals surface area contributed by atoms with Gasteiger partial charge in [-0.2, -0.15) is 0 Å². The molecular weight excluding hydrogens is 889 g/mol. The molecule has 1 heterocycles. The molecule has 0 fully saturated rings. The second-order valence-electron chi connectivity index (χ2n) is 15.7. The Kier molecular flexibility index (Phi) is 34.7. The van der Waals surface area contributed by atoms with Gasteiger partial charge in [0.2, 0.25) is 17.7 Å². The quantitative estimate of drug-likeness (QED) is 0.0596. The molecule has 0 radical (unpaired) electrons. The summed E-state index contributed by atoms with van der Waals surface area (Å²) in [7, 11) is 1.64. The van der Waals surface area contributed by atoms with Gasteiger partial charge in [0.05, 0.1) is 132 Å². The van der Waals surface area contributed by atoms with Crippen LogP contribution in [0.25, 0.3) is 0 Å². The molecule has 1 aromatic carbocycles. The number of carbonyl (C=O) groups is 4. The largest absolute Gasteiger partial charge is 0.382 e. The third-order valence-electron chi connectivity index (χ3n) is 9.77. The Balaban J connectivity index is 1.69. The number of nitrogens with zero attached hydrogens (tertiary/aromatic N) is 3. The van der Waals surface area contributed by atoms with Crippen LogP contribution in [0.3, 0.4) is 0 Å². The van der Waals surface area contributed by atoms with E-state index < -0.39 is 29.9 Å². The lowest BCUT2D eigenvalue weighted by Crippen LogP contribution is -2.54. The summed E-state index contributed by atoms with van der Waals surface area (Å²) in [6.07, 6.45) is 4.03. The number of hydrogen-bond donors (Lipinski definition) is 5. The summed E-state index contributed by atoms with van der Waals surface area (Å²) in [4.78, 5) is 51.1. The molecule has 1 aromatic heterocycles. The zero-order chi connectivity index (χ0) is 49.5. The van der Waals surface area contributed by atoms with Gasteiger partial charge in [0.1, 0.15) is 17.8 Å². The monoisotopic (exact) mass is 969 g/mol. The van der Waals surface area contributed by atoms with Gasteiger partial charge in [-0.15, -0.1) is 5.10 Å². The summed E-state index contributed by atoms with van der Waals surface area (Å²) in [5, 5.41) is 19.4. The van der Waals surface area contributed by atoms with E-state index in [9.17, 15) is 19.2 Å². The minimum atomic E-state index is -0.976. The normalized spacial score (nSPS) is 12.3. The van der Waals surface area contributed by atoms with Crippen molar-refractivity contribution in [3.63, 3.8) is 0 Å². The fourth-order valence-electron chi connectivity index (χ4n) is 6.15. The molecule has 68 heavy (non-hydrogen) atoms. The van der Waals surface area contributed by atoms with Crippen LogP contribution in [0.4, 0.5) is 10.5 Å². The minimum Gasteiger partial charge on any atom is -0.382 e. The number of urea groups is 1. The number of primary amides is 1. The van der Waals surface area contributed by atoms with Crippen molar-refractivity contribution in [1.82, 2.24) is 30.9 Å². The Morgan fingerprint density at radius 1 is 0.676 bits per heavy atom. The zero-order valence-corrected chi connectivity index (χ0v) is 41.1. The molecule has 388 valence electrons. The van der Waals surface area contributed by atoms with E-state index in [1.807, 2.05) is 39.8 Å². The number of benzene rings is 1. The van der Waals surface area contributed by atoms with Crippen LogP contribution in [0.2, 0.25) is 0 Å². The average molecular weight is 969 g/mol. The molecule has 0 aliphatic heterocycles. The number of aromatic nitrogens is 3. The summed E-state index contributed by atoms with van der Waals surface area (Å²) in [6.45, 7) is 16.9. The maximum atomic E-state index is 13.7. The molecule has 0 spiro atoms. The standard InChI is InChI=1S/C46H80N8O14/c1-6-15-60-16-12-42(55)51-43(36(3)4)45(57)50-41(9-8-13-48-46(47)58)44(56)49-39-11-10-37(7-2)38(32-39)34-68-35-40-33-54(53-52-40)14-17-61-20-21-63-24-25-65-28-29-67-31-30-66-27-26-64-23-22-62-19-18-59-5/h10-11,32-33,36,41,43H,6-9,12-31,34-35H2,1-5H3,(H,49,56)(H,50,57)(H,51,55)(H3,47,48,58)/t41-,43-/m0/s1. The smallest absolute Gasteiger partial charge is 0.312 e. The van der Waals surface area contributed by atoms with Crippen LogP contribution < -0.4 is 27.0 Å². The van der Waals surface area contributed by atoms with Crippen LogP contribution in [-0.4, -0.2) is 177 Å². The molecule has 22 nitrogen and oxygen atoms in total. The lowest BCUT2D eigenvalue weighted by molar-refractivity contribution is -0.132. The van der Waals surface area contributed by atoms with Crippen molar-refractivity contribution in [2.24, 2.45) is 11.7 Å². The van der Waals surface area contributed by atoms with E-state index >= 15 is 0 Å². The molecule has 0 aliphatic rings. The van der Waals surface area contributed by atoms with E-state index in [1.165, 1.54) is 0 Å². The minimum absolute atomic E-state index is 0.105. The molecular formula is C46H80N8O14. The van der Waals surface area contributed by atoms with E-state index in [0.717, 1.165) is 24.0 Å². The zero-order valence-electron chi connectivity index (χ0n) is 41.1. The van der Waals surface area contributed by atoms with Crippen LogP contribution in [0, 0.1) is 5.92 Å². The van der Waals surface area contributed by atoms with Crippen molar-refractivity contribution in [3.8, 4) is 0 Å². The Bertz CT molecular complexity index is 1640. The molecule has 0 saturated heterocycles. The summed E-state index contributed by atoms with van der Waals surface area (Å²) < 4.78 is 56.5. The number of carbonyl (C=O) groups excluding carboxylic acids is 4. The molecule has 6 N–H and O–H groups in total. The van der Waals surface area contributed by atoms with Gasteiger partial charge in [-0.1, -0.05) is 39.0 Å². The van der Waals surface area contributed by atoms with Crippen LogP contribution in [0.5, 0.6) is 0 Å². The predicted octanol–water partition coefficient (Wildman–Crippen LogP) is 2.15. The lowest BCUT2D eigenvalue weighted by atomic mass is 10.0. The highest BCUT2D eigenvalue weighted by Crippen LogP contribution is 2.19. The van der Waals surface area contributed by atoms with E-state index in [4.69, 9.17) is 53.1 Å². The molecule has 2 aromatic rings. The first kappa shape index (κ1) is 59.8. The van der Waals surface area contributed by atoms with Crippen molar-refractivity contribution in [3.05, 3.63) is 41.2 Å². The number of amides is 5. The van der Waals surface area contributed by atoms with Gasteiger partial charge in [0, 0.05) is 32.4 Å². The van der Waals surface area contributed by atoms with Gasteiger partial charge in [-0.05, 0) is 54.9 Å². The molecule has 0 bridgehead atoms. The van der Waals surface area contributed by atoms with Gasteiger partial charge in [-0.3, -0.25) is 14.4 Å². The Labute approximate surface area is 401 Å². The molecule has 5 amide bonds. The summed E-state index contributed by atoms with van der Waals surface area (Å²) in [5.41, 5.74) is 8.29. The van der Waals surface area contributed by atoms with E-state index in [-0.39, 0.29) is 51.0 Å². The third kappa shape index (κ3) is 29.5. The van der Waals surface area contributed by atoms with Gasteiger partial charge >= 0.3 is 6.03 Å². The highest BCUT2D eigenvalue weighted by molar-refractivity contribution is 5.98. The predicted molar refractivity (Wildman–Crippen MR) is 252 cm³/mol. The van der Waals surface area contributed by atoms with Crippen LogP contribution in [0.15, 0.2) is 24.4 Å². The number of hydrogen-bond acceptors (Lipinski definition) is 16. The first-order chi connectivity index (χ1) is 33.1. The number of methoxy groups -OCH3 is 1.